The maximum atomic E-state index is 10.6. The molecule has 6 heteroatoms. The van der Waals surface area contributed by atoms with E-state index in [-0.39, 0.29) is 0 Å². The summed E-state index contributed by atoms with van der Waals surface area (Å²) in [5, 5.41) is 14.9. The summed E-state index contributed by atoms with van der Waals surface area (Å²) in [6.07, 6.45) is 0.782. The number of hydrogen-bond donors (Lipinski definition) is 1. The van der Waals surface area contributed by atoms with Crippen LogP contribution in [0.5, 0.6) is 5.75 Å². The summed E-state index contributed by atoms with van der Waals surface area (Å²) in [6, 6.07) is 12.7. The Morgan fingerprint density at radius 3 is 2.55 bits per heavy atom. The highest BCUT2D eigenvalue weighted by Crippen LogP contribution is 2.24. The van der Waals surface area contributed by atoms with Gasteiger partial charge < -0.3 is 9.84 Å². The van der Waals surface area contributed by atoms with Crippen LogP contribution in [-0.2, 0) is 0 Å². The van der Waals surface area contributed by atoms with Crippen LogP contribution in [0.2, 0.25) is 0 Å². The van der Waals surface area contributed by atoms with Crippen molar-refractivity contribution in [3.05, 3.63) is 65.9 Å². The van der Waals surface area contributed by atoms with Crippen LogP contribution in [0, 0.1) is 6.92 Å². The molecule has 1 unspecified atom stereocenters. The molecule has 0 bridgehead atoms. The van der Waals surface area contributed by atoms with Crippen LogP contribution in [0.1, 0.15) is 23.3 Å². The minimum absolute atomic E-state index is 0.432. The summed E-state index contributed by atoms with van der Waals surface area (Å²) in [5.74, 6) is 2.36. The van der Waals surface area contributed by atoms with Crippen molar-refractivity contribution < 1.29 is 9.84 Å². The van der Waals surface area contributed by atoms with Gasteiger partial charge in [-0.15, -0.1) is 5.10 Å². The fourth-order valence-corrected chi connectivity index (χ4v) is 2.19. The quantitative estimate of drug-likeness (QED) is 0.798. The van der Waals surface area contributed by atoms with Gasteiger partial charge in [0, 0.05) is 6.20 Å². The first kappa shape index (κ1) is 14.2. The molecule has 3 rings (SSSR count). The molecule has 3 aromatic rings. The number of benzene rings is 1. The summed E-state index contributed by atoms with van der Waals surface area (Å²) >= 11 is 0. The minimum Gasteiger partial charge on any atom is -0.497 e. The van der Waals surface area contributed by atoms with Crippen molar-refractivity contribution in [3.8, 4) is 11.6 Å². The fourth-order valence-electron chi connectivity index (χ4n) is 2.19. The zero-order chi connectivity index (χ0) is 15.5. The first-order chi connectivity index (χ1) is 10.7. The molecule has 112 valence electrons. The summed E-state index contributed by atoms with van der Waals surface area (Å²) in [4.78, 5) is 8.59. The Bertz CT molecular complexity index is 754. The molecule has 0 amide bonds. The zero-order valence-electron chi connectivity index (χ0n) is 12.3. The number of aryl methyl sites for hydroxylation is 1. The number of aliphatic hydroxyl groups is 1. The van der Waals surface area contributed by atoms with Gasteiger partial charge in [0.05, 0.1) is 7.11 Å². The largest absolute Gasteiger partial charge is 0.497 e. The third-order valence-corrected chi connectivity index (χ3v) is 3.28. The number of aromatic nitrogens is 4. The maximum absolute atomic E-state index is 10.6. The van der Waals surface area contributed by atoms with Crippen LogP contribution in [0.25, 0.3) is 5.82 Å². The average molecular weight is 296 g/mol. The molecule has 1 N–H and O–H groups in total. The summed E-state index contributed by atoms with van der Waals surface area (Å²) in [5.41, 5.74) is 0.713. The monoisotopic (exact) mass is 296 g/mol. The molecule has 1 atom stereocenters. The highest BCUT2D eigenvalue weighted by atomic mass is 16.5. The third-order valence-electron chi connectivity index (χ3n) is 3.28. The molecule has 0 radical (unpaired) electrons. The number of nitrogens with zero attached hydrogens (tertiary/aromatic N) is 4. The van der Waals surface area contributed by atoms with Crippen LogP contribution >= 0.6 is 0 Å². The van der Waals surface area contributed by atoms with Crippen LogP contribution < -0.4 is 4.74 Å². The Labute approximate surface area is 128 Å². The van der Waals surface area contributed by atoms with E-state index in [1.54, 1.807) is 49.2 Å². The molecule has 1 aromatic carbocycles. The second-order valence-corrected chi connectivity index (χ2v) is 4.79. The predicted octanol–water partition coefficient (Wildman–Crippen LogP) is 2.06. The minimum atomic E-state index is -0.894. The van der Waals surface area contributed by atoms with E-state index in [2.05, 4.69) is 15.1 Å². The van der Waals surface area contributed by atoms with Crippen molar-refractivity contribution in [2.24, 2.45) is 0 Å². The summed E-state index contributed by atoms with van der Waals surface area (Å²) < 4.78 is 6.69. The summed E-state index contributed by atoms with van der Waals surface area (Å²) in [7, 11) is 1.60. The standard InChI is InChI=1S/C16H16N4O2/c1-11-18-16(20(19-11)14-5-3-4-10-17-14)15(21)12-6-8-13(22-2)9-7-12/h3-10,15,21H,1-2H3. The van der Waals surface area contributed by atoms with Crippen molar-refractivity contribution in [3.63, 3.8) is 0 Å². The molecule has 0 saturated carbocycles. The van der Waals surface area contributed by atoms with Gasteiger partial charge in [0.1, 0.15) is 17.7 Å². The van der Waals surface area contributed by atoms with Gasteiger partial charge in [-0.25, -0.2) is 9.97 Å². The average Bonchev–Trinajstić information content (AvgIpc) is 2.97. The Kier molecular flexibility index (Phi) is 3.84. The highest BCUT2D eigenvalue weighted by molar-refractivity contribution is 5.32. The van der Waals surface area contributed by atoms with Crippen molar-refractivity contribution >= 4 is 0 Å². The van der Waals surface area contributed by atoms with Gasteiger partial charge in [-0.1, -0.05) is 18.2 Å². The van der Waals surface area contributed by atoms with Crippen LogP contribution in [0.15, 0.2) is 48.7 Å². The lowest BCUT2D eigenvalue weighted by Gasteiger charge is -2.12. The topological polar surface area (TPSA) is 73.1 Å². The first-order valence-electron chi connectivity index (χ1n) is 6.86. The lowest BCUT2D eigenvalue weighted by atomic mass is 10.1. The normalized spacial score (nSPS) is 12.1. The van der Waals surface area contributed by atoms with Gasteiger partial charge in [-0.2, -0.15) is 4.68 Å². The lowest BCUT2D eigenvalue weighted by molar-refractivity contribution is 0.206. The van der Waals surface area contributed by atoms with Crippen molar-refractivity contribution in [1.82, 2.24) is 19.7 Å². The van der Waals surface area contributed by atoms with E-state index in [0.29, 0.717) is 23.0 Å². The van der Waals surface area contributed by atoms with Gasteiger partial charge in [0.25, 0.3) is 0 Å². The number of ether oxygens (including phenoxy) is 1. The predicted molar refractivity (Wildman–Crippen MR) is 80.9 cm³/mol. The van der Waals surface area contributed by atoms with E-state index in [1.807, 2.05) is 18.2 Å². The SMILES string of the molecule is COc1ccc(C(O)c2nc(C)nn2-c2ccccn2)cc1. The van der Waals surface area contributed by atoms with Crippen LogP contribution in [0.3, 0.4) is 0 Å². The van der Waals surface area contributed by atoms with Gasteiger partial charge >= 0.3 is 0 Å². The summed E-state index contributed by atoms with van der Waals surface area (Å²) in [6.45, 7) is 1.78. The van der Waals surface area contributed by atoms with E-state index < -0.39 is 6.10 Å². The molecule has 0 aliphatic heterocycles. The number of hydrogen-bond acceptors (Lipinski definition) is 5. The lowest BCUT2D eigenvalue weighted by Crippen LogP contribution is -2.10. The molecule has 0 aliphatic carbocycles. The number of aliphatic hydroxyl groups excluding tert-OH is 1. The number of methoxy groups -OCH3 is 1. The zero-order valence-corrected chi connectivity index (χ0v) is 12.3. The van der Waals surface area contributed by atoms with E-state index >= 15 is 0 Å². The van der Waals surface area contributed by atoms with E-state index in [1.165, 1.54) is 0 Å². The Morgan fingerprint density at radius 2 is 1.91 bits per heavy atom. The highest BCUT2D eigenvalue weighted by Gasteiger charge is 2.20. The van der Waals surface area contributed by atoms with E-state index in [4.69, 9.17) is 4.74 Å². The second kappa shape index (κ2) is 5.95. The molecular formula is C16H16N4O2. The van der Waals surface area contributed by atoms with Crippen LogP contribution in [0.4, 0.5) is 0 Å². The molecule has 0 saturated heterocycles. The van der Waals surface area contributed by atoms with Crippen LogP contribution in [-0.4, -0.2) is 32.0 Å². The van der Waals surface area contributed by atoms with Crippen molar-refractivity contribution in [2.45, 2.75) is 13.0 Å². The maximum Gasteiger partial charge on any atom is 0.167 e. The Balaban J connectivity index is 2.00. The molecule has 0 aliphatic rings. The number of rotatable bonds is 4. The van der Waals surface area contributed by atoms with Crippen molar-refractivity contribution in [1.29, 1.82) is 0 Å². The van der Waals surface area contributed by atoms with Crippen molar-refractivity contribution in [2.75, 3.05) is 7.11 Å². The van der Waals surface area contributed by atoms with E-state index in [9.17, 15) is 5.11 Å². The first-order valence-corrected chi connectivity index (χ1v) is 6.86. The fraction of sp³-hybridized carbons (Fsp3) is 0.188. The smallest absolute Gasteiger partial charge is 0.167 e. The molecule has 0 spiro atoms. The van der Waals surface area contributed by atoms with Gasteiger partial charge in [-0.3, -0.25) is 0 Å². The molecule has 6 nitrogen and oxygen atoms in total. The Hall–Kier alpha value is -2.73. The molecule has 2 heterocycles. The van der Waals surface area contributed by atoms with Gasteiger partial charge in [-0.05, 0) is 36.8 Å². The second-order valence-electron chi connectivity index (χ2n) is 4.79. The molecule has 0 fully saturated rings. The molecule has 2 aromatic heterocycles. The Morgan fingerprint density at radius 1 is 1.14 bits per heavy atom. The number of pyridine rings is 1. The van der Waals surface area contributed by atoms with Gasteiger partial charge in [0.2, 0.25) is 0 Å². The molecular weight excluding hydrogens is 280 g/mol. The van der Waals surface area contributed by atoms with E-state index in [0.717, 1.165) is 5.75 Å². The third kappa shape index (κ3) is 2.68. The molecule has 22 heavy (non-hydrogen) atoms. The van der Waals surface area contributed by atoms with Gasteiger partial charge in [0.15, 0.2) is 11.6 Å².